The summed E-state index contributed by atoms with van der Waals surface area (Å²) in [6.07, 6.45) is 5.98. The van der Waals surface area contributed by atoms with E-state index < -0.39 is 10.0 Å². The average Bonchev–Trinajstić information content (AvgIpc) is 2.55. The summed E-state index contributed by atoms with van der Waals surface area (Å²) >= 11 is 0. The Morgan fingerprint density at radius 1 is 1.22 bits per heavy atom. The van der Waals surface area contributed by atoms with E-state index >= 15 is 0 Å². The maximum atomic E-state index is 11.6. The zero-order valence-electron chi connectivity index (χ0n) is 13.3. The molecule has 0 amide bonds. The van der Waals surface area contributed by atoms with E-state index in [2.05, 4.69) is 14.9 Å². The summed E-state index contributed by atoms with van der Waals surface area (Å²) in [7, 11) is -3.08. The molecule has 0 radical (unpaired) electrons. The SMILES string of the molecule is CS(=O)(=O)N1CCC(N2CCOC(c3nccnc3N)C2)CC1. The standard InChI is InChI=1S/C14H23N5O3S/c1-23(20,21)19-6-2-11(3-7-19)18-8-9-22-12(10-18)13-14(15)17-5-4-16-13/h4-5,11-12H,2-3,6-10H2,1H3,(H2,15,17). The number of sulfonamides is 1. The Morgan fingerprint density at radius 2 is 1.91 bits per heavy atom. The molecule has 23 heavy (non-hydrogen) atoms. The zero-order chi connectivity index (χ0) is 16.4. The molecular formula is C14H23N5O3S. The van der Waals surface area contributed by atoms with E-state index in [9.17, 15) is 8.42 Å². The Bertz CT molecular complexity index is 646. The average molecular weight is 341 g/mol. The summed E-state index contributed by atoms with van der Waals surface area (Å²) in [6, 6.07) is 0.372. The van der Waals surface area contributed by atoms with E-state index in [-0.39, 0.29) is 6.10 Å². The second-order valence-electron chi connectivity index (χ2n) is 6.07. The molecule has 2 saturated heterocycles. The molecule has 2 N–H and O–H groups in total. The first-order valence-electron chi connectivity index (χ1n) is 7.82. The van der Waals surface area contributed by atoms with Crippen LogP contribution in [0.2, 0.25) is 0 Å². The van der Waals surface area contributed by atoms with Gasteiger partial charge in [-0.05, 0) is 12.8 Å². The number of morpholine rings is 1. The van der Waals surface area contributed by atoms with Crippen molar-refractivity contribution in [2.45, 2.75) is 25.0 Å². The first-order valence-corrected chi connectivity index (χ1v) is 9.67. The Balaban J connectivity index is 1.63. The van der Waals surface area contributed by atoms with Crippen molar-refractivity contribution < 1.29 is 13.2 Å². The van der Waals surface area contributed by atoms with Gasteiger partial charge in [0.2, 0.25) is 10.0 Å². The van der Waals surface area contributed by atoms with Crippen LogP contribution in [0.25, 0.3) is 0 Å². The summed E-state index contributed by atoms with van der Waals surface area (Å²) in [5, 5.41) is 0. The summed E-state index contributed by atoms with van der Waals surface area (Å²) < 4.78 is 30.6. The molecule has 9 heteroatoms. The molecule has 2 aliphatic rings. The quantitative estimate of drug-likeness (QED) is 0.816. The molecule has 0 aromatic carbocycles. The third kappa shape index (κ3) is 3.79. The van der Waals surface area contributed by atoms with Gasteiger partial charge in [-0.3, -0.25) is 9.88 Å². The number of rotatable bonds is 3. The van der Waals surface area contributed by atoms with Crippen LogP contribution in [0.3, 0.4) is 0 Å². The number of nitrogens with two attached hydrogens (primary N) is 1. The van der Waals surface area contributed by atoms with Crippen molar-refractivity contribution in [3.8, 4) is 0 Å². The van der Waals surface area contributed by atoms with Crippen molar-refractivity contribution in [1.82, 2.24) is 19.2 Å². The Labute approximate surface area is 136 Å². The lowest BCUT2D eigenvalue weighted by atomic mass is 10.0. The Morgan fingerprint density at radius 3 is 2.57 bits per heavy atom. The fourth-order valence-corrected chi connectivity index (χ4v) is 4.19. The number of ether oxygens (including phenoxy) is 1. The number of nitrogen functional groups attached to an aromatic ring is 1. The van der Waals surface area contributed by atoms with Crippen LogP contribution >= 0.6 is 0 Å². The number of anilines is 1. The minimum absolute atomic E-state index is 0.176. The molecule has 0 saturated carbocycles. The molecule has 1 aromatic heterocycles. The van der Waals surface area contributed by atoms with E-state index in [0.717, 1.165) is 19.4 Å². The normalized spacial score (nSPS) is 25.5. The molecule has 0 spiro atoms. The van der Waals surface area contributed by atoms with Crippen LogP contribution in [0.5, 0.6) is 0 Å². The first-order chi connectivity index (χ1) is 10.9. The van der Waals surface area contributed by atoms with E-state index in [0.29, 0.717) is 43.8 Å². The van der Waals surface area contributed by atoms with E-state index in [1.54, 1.807) is 16.7 Å². The molecule has 1 unspecified atom stereocenters. The number of nitrogens with zero attached hydrogens (tertiary/aromatic N) is 4. The summed E-state index contributed by atoms with van der Waals surface area (Å²) in [6.45, 7) is 3.34. The van der Waals surface area contributed by atoms with Gasteiger partial charge in [-0.2, -0.15) is 0 Å². The number of hydrogen-bond donors (Lipinski definition) is 1. The minimum Gasteiger partial charge on any atom is -0.382 e. The van der Waals surface area contributed by atoms with Crippen LogP contribution in [0, 0.1) is 0 Å². The number of piperidine rings is 1. The van der Waals surface area contributed by atoms with Crippen LogP contribution < -0.4 is 5.73 Å². The van der Waals surface area contributed by atoms with Gasteiger partial charge in [0, 0.05) is 44.6 Å². The van der Waals surface area contributed by atoms with Gasteiger partial charge >= 0.3 is 0 Å². The van der Waals surface area contributed by atoms with E-state index in [4.69, 9.17) is 10.5 Å². The zero-order valence-corrected chi connectivity index (χ0v) is 14.1. The van der Waals surface area contributed by atoms with Crippen molar-refractivity contribution in [1.29, 1.82) is 0 Å². The lowest BCUT2D eigenvalue weighted by molar-refractivity contribution is -0.0525. The van der Waals surface area contributed by atoms with E-state index in [1.807, 2.05) is 0 Å². The third-order valence-electron chi connectivity index (χ3n) is 4.57. The molecule has 1 aromatic rings. The molecule has 128 valence electrons. The molecular weight excluding hydrogens is 318 g/mol. The van der Waals surface area contributed by atoms with Crippen LogP contribution in [-0.2, 0) is 14.8 Å². The van der Waals surface area contributed by atoms with Gasteiger partial charge in [0.05, 0.1) is 12.9 Å². The van der Waals surface area contributed by atoms with Crippen molar-refractivity contribution in [3.05, 3.63) is 18.1 Å². The highest BCUT2D eigenvalue weighted by molar-refractivity contribution is 7.88. The molecule has 2 aliphatic heterocycles. The number of hydrogen-bond acceptors (Lipinski definition) is 7. The predicted octanol–water partition coefficient (Wildman–Crippen LogP) is -0.144. The van der Waals surface area contributed by atoms with Gasteiger partial charge in [-0.15, -0.1) is 0 Å². The third-order valence-corrected chi connectivity index (χ3v) is 5.87. The molecule has 1 atom stereocenters. The second kappa shape index (κ2) is 6.68. The Hall–Kier alpha value is -1.29. The minimum atomic E-state index is -3.08. The largest absolute Gasteiger partial charge is 0.382 e. The molecule has 3 heterocycles. The number of aromatic nitrogens is 2. The van der Waals surface area contributed by atoms with Gasteiger partial charge in [-0.1, -0.05) is 0 Å². The predicted molar refractivity (Wildman–Crippen MR) is 86.1 cm³/mol. The highest BCUT2D eigenvalue weighted by atomic mass is 32.2. The summed E-state index contributed by atoms with van der Waals surface area (Å²) in [4.78, 5) is 10.7. The smallest absolute Gasteiger partial charge is 0.211 e. The van der Waals surface area contributed by atoms with Crippen molar-refractivity contribution >= 4 is 15.8 Å². The molecule has 0 aliphatic carbocycles. The lowest BCUT2D eigenvalue weighted by Crippen LogP contribution is -2.50. The van der Waals surface area contributed by atoms with Crippen LogP contribution in [0.4, 0.5) is 5.82 Å². The highest BCUT2D eigenvalue weighted by Crippen LogP contribution is 2.27. The van der Waals surface area contributed by atoms with Crippen LogP contribution in [0.1, 0.15) is 24.6 Å². The Kier molecular flexibility index (Phi) is 4.81. The maximum Gasteiger partial charge on any atom is 0.211 e. The summed E-state index contributed by atoms with van der Waals surface area (Å²) in [5.74, 6) is 0.409. The first kappa shape index (κ1) is 16.6. The maximum absolute atomic E-state index is 11.6. The van der Waals surface area contributed by atoms with Crippen LogP contribution in [0.15, 0.2) is 12.4 Å². The molecule has 3 rings (SSSR count). The fraction of sp³-hybridized carbons (Fsp3) is 0.714. The van der Waals surface area contributed by atoms with Gasteiger partial charge < -0.3 is 10.5 Å². The molecule has 8 nitrogen and oxygen atoms in total. The molecule has 0 bridgehead atoms. The lowest BCUT2D eigenvalue weighted by Gasteiger charge is -2.41. The summed E-state index contributed by atoms with van der Waals surface area (Å²) in [5.41, 5.74) is 6.58. The van der Waals surface area contributed by atoms with E-state index in [1.165, 1.54) is 6.26 Å². The topological polar surface area (TPSA) is 102 Å². The molecule has 2 fully saturated rings. The van der Waals surface area contributed by atoms with Gasteiger partial charge in [-0.25, -0.2) is 17.7 Å². The van der Waals surface area contributed by atoms with Crippen molar-refractivity contribution in [2.75, 3.05) is 44.8 Å². The monoisotopic (exact) mass is 341 g/mol. The van der Waals surface area contributed by atoms with Crippen molar-refractivity contribution in [3.63, 3.8) is 0 Å². The van der Waals surface area contributed by atoms with Crippen molar-refractivity contribution in [2.24, 2.45) is 0 Å². The highest BCUT2D eigenvalue weighted by Gasteiger charge is 2.33. The second-order valence-corrected chi connectivity index (χ2v) is 8.06. The van der Waals surface area contributed by atoms with Gasteiger partial charge in [0.15, 0.2) is 0 Å². The fourth-order valence-electron chi connectivity index (χ4n) is 3.31. The van der Waals surface area contributed by atoms with Crippen LogP contribution in [-0.4, -0.2) is 72.7 Å². The van der Waals surface area contributed by atoms with Gasteiger partial charge in [0.1, 0.15) is 17.6 Å². The van der Waals surface area contributed by atoms with Gasteiger partial charge in [0.25, 0.3) is 0 Å².